The minimum atomic E-state index is -0.0112. The van der Waals surface area contributed by atoms with Crippen LogP contribution in [0.1, 0.15) is 49.0 Å². The van der Waals surface area contributed by atoms with Crippen LogP contribution in [0.2, 0.25) is 0 Å². The molecule has 25 heavy (non-hydrogen) atoms. The number of aromatic nitrogens is 1. The van der Waals surface area contributed by atoms with Crippen molar-refractivity contribution in [2.45, 2.75) is 46.1 Å². The number of rotatable bonds is 7. The van der Waals surface area contributed by atoms with Gasteiger partial charge in [0.25, 0.3) is 0 Å². The molecular formula is C19H24N2O3S. The summed E-state index contributed by atoms with van der Waals surface area (Å²) in [6, 6.07) is 5.82. The van der Waals surface area contributed by atoms with Crippen LogP contribution in [0.25, 0.3) is 0 Å². The second kappa shape index (κ2) is 7.87. The van der Waals surface area contributed by atoms with Gasteiger partial charge >= 0.3 is 0 Å². The second-order valence-electron chi connectivity index (χ2n) is 6.76. The SMILES string of the molecule is Cc1csc(C(CC(C)C)NC(=O)CCc2ccc3c(c2)OCO3)n1. The van der Waals surface area contributed by atoms with Gasteiger partial charge in [-0.1, -0.05) is 19.9 Å². The lowest BCUT2D eigenvalue weighted by molar-refractivity contribution is -0.121. The van der Waals surface area contributed by atoms with Crippen molar-refractivity contribution in [2.24, 2.45) is 5.92 Å². The molecule has 3 rings (SSSR count). The number of hydrogen-bond donors (Lipinski definition) is 1. The molecule has 0 radical (unpaired) electrons. The summed E-state index contributed by atoms with van der Waals surface area (Å²) >= 11 is 1.61. The largest absolute Gasteiger partial charge is 0.454 e. The standard InChI is InChI=1S/C19H24N2O3S/c1-12(2)8-15(19-20-13(3)10-25-19)21-18(22)7-5-14-4-6-16-17(9-14)24-11-23-16/h4,6,9-10,12,15H,5,7-8,11H2,1-3H3,(H,21,22). The van der Waals surface area contributed by atoms with Gasteiger partial charge < -0.3 is 14.8 Å². The number of aryl methyl sites for hydroxylation is 2. The molecule has 0 aliphatic carbocycles. The van der Waals surface area contributed by atoms with Gasteiger partial charge in [-0.25, -0.2) is 4.98 Å². The van der Waals surface area contributed by atoms with Gasteiger partial charge in [0.05, 0.1) is 6.04 Å². The molecule has 1 unspecified atom stereocenters. The van der Waals surface area contributed by atoms with Crippen molar-refractivity contribution < 1.29 is 14.3 Å². The van der Waals surface area contributed by atoms with E-state index in [0.717, 1.165) is 34.2 Å². The Morgan fingerprint density at radius 2 is 2.12 bits per heavy atom. The fourth-order valence-electron chi connectivity index (χ4n) is 2.85. The van der Waals surface area contributed by atoms with Gasteiger partial charge in [0.2, 0.25) is 12.7 Å². The first-order valence-corrected chi connectivity index (χ1v) is 9.49. The molecule has 1 aromatic heterocycles. The highest BCUT2D eigenvalue weighted by molar-refractivity contribution is 7.09. The minimum Gasteiger partial charge on any atom is -0.454 e. The van der Waals surface area contributed by atoms with Crippen molar-refractivity contribution in [3.05, 3.63) is 39.8 Å². The first-order valence-electron chi connectivity index (χ1n) is 8.61. The number of nitrogens with one attached hydrogen (secondary N) is 1. The predicted octanol–water partition coefficient (Wildman–Crippen LogP) is 4.02. The van der Waals surface area contributed by atoms with Crippen LogP contribution < -0.4 is 14.8 Å². The highest BCUT2D eigenvalue weighted by atomic mass is 32.1. The minimum absolute atomic E-state index is 0.0112. The summed E-state index contributed by atoms with van der Waals surface area (Å²) in [6.07, 6.45) is 2.01. The molecule has 1 aliphatic rings. The number of amides is 1. The molecule has 0 spiro atoms. The zero-order chi connectivity index (χ0) is 17.8. The number of nitrogens with zero attached hydrogens (tertiary/aromatic N) is 1. The van der Waals surface area contributed by atoms with Crippen LogP contribution in [0.15, 0.2) is 23.6 Å². The number of carbonyl (C=O) groups excluding carboxylic acids is 1. The van der Waals surface area contributed by atoms with Gasteiger partial charge in [0.1, 0.15) is 5.01 Å². The van der Waals surface area contributed by atoms with E-state index >= 15 is 0 Å². The highest BCUT2D eigenvalue weighted by Gasteiger charge is 2.19. The molecule has 0 saturated heterocycles. The van der Waals surface area contributed by atoms with Crippen LogP contribution in [-0.4, -0.2) is 17.7 Å². The van der Waals surface area contributed by atoms with Crippen LogP contribution in [0, 0.1) is 12.8 Å². The summed E-state index contributed by atoms with van der Waals surface area (Å²) in [6.45, 7) is 6.57. The quantitative estimate of drug-likeness (QED) is 0.810. The third kappa shape index (κ3) is 4.72. The summed E-state index contributed by atoms with van der Waals surface area (Å²) < 4.78 is 10.7. The van der Waals surface area contributed by atoms with Crippen molar-refractivity contribution >= 4 is 17.2 Å². The number of fused-ring (bicyclic) bond motifs is 1. The Morgan fingerprint density at radius 3 is 2.84 bits per heavy atom. The zero-order valence-electron chi connectivity index (χ0n) is 14.9. The molecule has 1 aromatic carbocycles. The Hall–Kier alpha value is -2.08. The molecule has 134 valence electrons. The zero-order valence-corrected chi connectivity index (χ0v) is 15.7. The van der Waals surface area contributed by atoms with E-state index in [1.54, 1.807) is 11.3 Å². The maximum atomic E-state index is 12.4. The van der Waals surface area contributed by atoms with Crippen molar-refractivity contribution in [1.82, 2.24) is 10.3 Å². The number of benzene rings is 1. The van der Waals surface area contributed by atoms with Crippen LogP contribution in [0.3, 0.4) is 0 Å². The van der Waals surface area contributed by atoms with E-state index in [1.807, 2.05) is 30.5 Å². The number of thiazole rings is 1. The Bertz CT molecular complexity index is 742. The topological polar surface area (TPSA) is 60.5 Å². The molecular weight excluding hydrogens is 336 g/mol. The van der Waals surface area contributed by atoms with Crippen molar-refractivity contribution in [3.8, 4) is 11.5 Å². The lowest BCUT2D eigenvalue weighted by Gasteiger charge is -2.18. The molecule has 6 heteroatoms. The maximum absolute atomic E-state index is 12.4. The van der Waals surface area contributed by atoms with E-state index in [-0.39, 0.29) is 18.7 Å². The Balaban J connectivity index is 1.58. The molecule has 1 amide bonds. The first kappa shape index (κ1) is 17.7. The Morgan fingerprint density at radius 1 is 1.32 bits per heavy atom. The summed E-state index contributed by atoms with van der Waals surface area (Å²) in [4.78, 5) is 17.0. The van der Waals surface area contributed by atoms with Gasteiger partial charge in [-0.2, -0.15) is 0 Å². The van der Waals surface area contributed by atoms with Crippen molar-refractivity contribution in [3.63, 3.8) is 0 Å². The van der Waals surface area contributed by atoms with Crippen molar-refractivity contribution in [1.29, 1.82) is 0 Å². The summed E-state index contributed by atoms with van der Waals surface area (Å²) in [5, 5.41) is 6.17. The average Bonchev–Trinajstić information content (AvgIpc) is 3.20. The Kier molecular flexibility index (Phi) is 5.58. The van der Waals surface area contributed by atoms with Crippen LogP contribution >= 0.6 is 11.3 Å². The molecule has 2 heterocycles. The van der Waals surface area contributed by atoms with Crippen LogP contribution in [-0.2, 0) is 11.2 Å². The van der Waals surface area contributed by atoms with Gasteiger partial charge in [-0.3, -0.25) is 4.79 Å². The molecule has 5 nitrogen and oxygen atoms in total. The molecule has 0 bridgehead atoms. The maximum Gasteiger partial charge on any atom is 0.231 e. The fraction of sp³-hybridized carbons (Fsp3) is 0.474. The molecule has 0 fully saturated rings. The predicted molar refractivity (Wildman–Crippen MR) is 98.1 cm³/mol. The van der Waals surface area contributed by atoms with Gasteiger partial charge in [0.15, 0.2) is 11.5 Å². The third-order valence-corrected chi connectivity index (χ3v) is 5.13. The molecule has 0 saturated carbocycles. The number of ether oxygens (including phenoxy) is 2. The normalized spacial score (nSPS) is 13.9. The van der Waals surface area contributed by atoms with Crippen LogP contribution in [0.4, 0.5) is 0 Å². The molecule has 1 aliphatic heterocycles. The van der Waals surface area contributed by atoms with Crippen molar-refractivity contribution in [2.75, 3.05) is 6.79 Å². The third-order valence-electron chi connectivity index (χ3n) is 4.05. The monoisotopic (exact) mass is 360 g/mol. The number of carbonyl (C=O) groups is 1. The summed E-state index contributed by atoms with van der Waals surface area (Å²) in [7, 11) is 0. The van der Waals surface area contributed by atoms with Gasteiger partial charge in [-0.05, 0) is 43.4 Å². The van der Waals surface area contributed by atoms with Gasteiger partial charge in [0, 0.05) is 17.5 Å². The lowest BCUT2D eigenvalue weighted by Crippen LogP contribution is -2.29. The summed E-state index contributed by atoms with van der Waals surface area (Å²) in [5.41, 5.74) is 2.08. The van der Waals surface area contributed by atoms with Crippen LogP contribution in [0.5, 0.6) is 11.5 Å². The molecule has 2 aromatic rings. The number of hydrogen-bond acceptors (Lipinski definition) is 5. The molecule has 1 N–H and O–H groups in total. The van der Waals surface area contributed by atoms with E-state index in [9.17, 15) is 4.79 Å². The fourth-order valence-corrected chi connectivity index (χ4v) is 3.71. The van der Waals surface area contributed by atoms with E-state index < -0.39 is 0 Å². The second-order valence-corrected chi connectivity index (χ2v) is 7.65. The lowest BCUT2D eigenvalue weighted by atomic mass is 10.0. The van der Waals surface area contributed by atoms with Gasteiger partial charge in [-0.15, -0.1) is 11.3 Å². The Labute approximate surface area is 152 Å². The molecule has 1 atom stereocenters. The highest BCUT2D eigenvalue weighted by Crippen LogP contribution is 2.32. The first-order chi connectivity index (χ1) is 12.0. The average molecular weight is 360 g/mol. The van der Waals surface area contributed by atoms with E-state index in [0.29, 0.717) is 18.8 Å². The van der Waals surface area contributed by atoms with E-state index in [2.05, 4.69) is 24.1 Å². The summed E-state index contributed by atoms with van der Waals surface area (Å²) in [5.74, 6) is 2.07. The van der Waals surface area contributed by atoms with E-state index in [4.69, 9.17) is 9.47 Å². The van der Waals surface area contributed by atoms with E-state index in [1.165, 1.54) is 0 Å². The smallest absolute Gasteiger partial charge is 0.231 e.